The predicted octanol–water partition coefficient (Wildman–Crippen LogP) is -1.64. The van der Waals surface area contributed by atoms with E-state index >= 15 is 0 Å². The van der Waals surface area contributed by atoms with Crippen LogP contribution in [0.3, 0.4) is 0 Å². The molecule has 0 rings (SSSR count). The number of carbonyl (C=O) groups excluding carboxylic acids is 1. The van der Waals surface area contributed by atoms with Gasteiger partial charge >= 0.3 is 12.0 Å². The van der Waals surface area contributed by atoms with Crippen LogP contribution in [-0.2, 0) is 4.79 Å². The molecule has 0 fully saturated rings. The first-order chi connectivity index (χ1) is 5.16. The van der Waals surface area contributed by atoms with Crippen molar-refractivity contribution in [3.8, 4) is 0 Å². The Morgan fingerprint density at radius 3 is 2.36 bits per heavy atom. The Balaban J connectivity index is 3.30. The summed E-state index contributed by atoms with van der Waals surface area (Å²) in [4.78, 5) is 20.4. The zero-order valence-corrected chi connectivity index (χ0v) is 5.83. The number of hydrogen-bond acceptors (Lipinski definition) is 3. The molecule has 0 atom stereocenters. The van der Waals surface area contributed by atoms with Crippen LogP contribution in [0.1, 0.15) is 0 Å². The van der Waals surface area contributed by atoms with Gasteiger partial charge in [0.1, 0.15) is 6.54 Å². The van der Waals surface area contributed by atoms with Gasteiger partial charge in [0.25, 0.3) is 0 Å². The SMILES string of the molecule is O=C(O)CNC(=O)NCCO. The Hall–Kier alpha value is -1.30. The van der Waals surface area contributed by atoms with Crippen molar-refractivity contribution in [1.82, 2.24) is 10.6 Å². The van der Waals surface area contributed by atoms with Crippen molar-refractivity contribution in [1.29, 1.82) is 0 Å². The number of aliphatic carboxylic acids is 1. The van der Waals surface area contributed by atoms with Gasteiger partial charge in [0.05, 0.1) is 6.61 Å². The molecule has 0 unspecified atom stereocenters. The summed E-state index contributed by atoms with van der Waals surface area (Å²) in [7, 11) is 0. The lowest BCUT2D eigenvalue weighted by Gasteiger charge is -2.02. The van der Waals surface area contributed by atoms with Crippen LogP contribution in [0.15, 0.2) is 0 Å². The van der Waals surface area contributed by atoms with Crippen molar-refractivity contribution in [3.05, 3.63) is 0 Å². The third-order valence-corrected chi connectivity index (χ3v) is 0.798. The average molecular weight is 162 g/mol. The maximum atomic E-state index is 10.5. The van der Waals surface area contributed by atoms with Crippen molar-refractivity contribution in [2.24, 2.45) is 0 Å². The van der Waals surface area contributed by atoms with Crippen LogP contribution in [0, 0.1) is 0 Å². The zero-order chi connectivity index (χ0) is 8.69. The molecule has 0 bridgehead atoms. The van der Waals surface area contributed by atoms with E-state index in [4.69, 9.17) is 10.2 Å². The van der Waals surface area contributed by atoms with E-state index in [9.17, 15) is 9.59 Å². The van der Waals surface area contributed by atoms with Crippen molar-refractivity contribution in [3.63, 3.8) is 0 Å². The minimum absolute atomic E-state index is 0.117. The summed E-state index contributed by atoms with van der Waals surface area (Å²) in [5, 5.41) is 20.6. The predicted molar refractivity (Wildman–Crippen MR) is 36.1 cm³/mol. The highest BCUT2D eigenvalue weighted by molar-refractivity contribution is 5.79. The first-order valence-corrected chi connectivity index (χ1v) is 3.01. The number of hydrogen-bond donors (Lipinski definition) is 4. The molecule has 0 aliphatic carbocycles. The lowest BCUT2D eigenvalue weighted by atomic mass is 10.6. The van der Waals surface area contributed by atoms with Gasteiger partial charge in [0.15, 0.2) is 0 Å². The Morgan fingerprint density at radius 2 is 1.91 bits per heavy atom. The van der Waals surface area contributed by atoms with Gasteiger partial charge in [-0.25, -0.2) is 4.79 Å². The number of aliphatic hydroxyl groups excluding tert-OH is 1. The van der Waals surface area contributed by atoms with Crippen molar-refractivity contribution in [2.45, 2.75) is 0 Å². The van der Waals surface area contributed by atoms with Crippen LogP contribution < -0.4 is 10.6 Å². The van der Waals surface area contributed by atoms with Crippen LogP contribution >= 0.6 is 0 Å². The van der Waals surface area contributed by atoms with Gasteiger partial charge in [0.2, 0.25) is 0 Å². The summed E-state index contributed by atoms with van der Waals surface area (Å²) in [5.74, 6) is -1.11. The number of urea groups is 1. The van der Waals surface area contributed by atoms with Gasteiger partial charge in [-0.15, -0.1) is 0 Å². The second-order valence-electron chi connectivity index (χ2n) is 1.73. The number of carbonyl (C=O) groups is 2. The van der Waals surface area contributed by atoms with E-state index in [1.54, 1.807) is 0 Å². The van der Waals surface area contributed by atoms with Gasteiger partial charge in [0, 0.05) is 6.54 Å². The smallest absolute Gasteiger partial charge is 0.323 e. The number of aliphatic hydroxyl groups is 1. The summed E-state index contributed by atoms with van der Waals surface area (Å²) in [6.45, 7) is -0.469. The molecule has 0 heterocycles. The number of rotatable bonds is 4. The molecule has 0 aliphatic rings. The highest BCUT2D eigenvalue weighted by Gasteiger charge is 2.00. The fraction of sp³-hybridized carbons (Fsp3) is 0.600. The Bertz CT molecular complexity index is 147. The second-order valence-corrected chi connectivity index (χ2v) is 1.73. The third kappa shape index (κ3) is 6.59. The molecule has 6 heteroatoms. The fourth-order valence-corrected chi connectivity index (χ4v) is 0.388. The first kappa shape index (κ1) is 9.70. The largest absolute Gasteiger partial charge is 0.480 e. The fourth-order valence-electron chi connectivity index (χ4n) is 0.388. The lowest BCUT2D eigenvalue weighted by molar-refractivity contribution is -0.135. The molecule has 0 spiro atoms. The molecule has 0 aromatic heterocycles. The van der Waals surface area contributed by atoms with E-state index in [1.165, 1.54) is 0 Å². The second kappa shape index (κ2) is 5.48. The van der Waals surface area contributed by atoms with E-state index in [-0.39, 0.29) is 13.2 Å². The van der Waals surface area contributed by atoms with Crippen LogP contribution in [0.4, 0.5) is 4.79 Å². The van der Waals surface area contributed by atoms with Crippen molar-refractivity contribution < 1.29 is 19.8 Å². The summed E-state index contributed by atoms with van der Waals surface area (Å²) < 4.78 is 0. The summed E-state index contributed by atoms with van der Waals surface area (Å²) in [6, 6.07) is -0.596. The molecule has 0 aromatic rings. The number of nitrogens with one attached hydrogen (secondary N) is 2. The summed E-state index contributed by atoms with van der Waals surface area (Å²) in [5.41, 5.74) is 0. The minimum atomic E-state index is -1.11. The Labute approximate surface area is 63.2 Å². The number of amides is 2. The normalized spacial score (nSPS) is 8.82. The highest BCUT2D eigenvalue weighted by atomic mass is 16.4. The van der Waals surface area contributed by atoms with E-state index in [1.807, 2.05) is 0 Å². The molecule has 0 aliphatic heterocycles. The Kier molecular flexibility index (Phi) is 4.83. The molecule has 6 nitrogen and oxygen atoms in total. The van der Waals surface area contributed by atoms with Gasteiger partial charge in [-0.05, 0) is 0 Å². The maximum absolute atomic E-state index is 10.5. The zero-order valence-electron chi connectivity index (χ0n) is 5.83. The maximum Gasteiger partial charge on any atom is 0.323 e. The van der Waals surface area contributed by atoms with Gasteiger partial charge < -0.3 is 20.8 Å². The molecular formula is C5H10N2O4. The Morgan fingerprint density at radius 1 is 1.27 bits per heavy atom. The van der Waals surface area contributed by atoms with Crippen LogP contribution in [0.5, 0.6) is 0 Å². The minimum Gasteiger partial charge on any atom is -0.480 e. The quantitative estimate of drug-likeness (QED) is 0.398. The molecule has 64 valence electrons. The van der Waals surface area contributed by atoms with Crippen LogP contribution in [0.25, 0.3) is 0 Å². The van der Waals surface area contributed by atoms with Crippen LogP contribution in [0.2, 0.25) is 0 Å². The monoisotopic (exact) mass is 162 g/mol. The van der Waals surface area contributed by atoms with Crippen LogP contribution in [-0.4, -0.2) is 41.9 Å². The average Bonchev–Trinajstić information content (AvgIpc) is 1.97. The molecule has 0 saturated carbocycles. The molecule has 11 heavy (non-hydrogen) atoms. The molecule has 0 radical (unpaired) electrons. The number of carboxylic acids is 1. The number of carboxylic acid groups (broad SMARTS) is 1. The van der Waals surface area contributed by atoms with Crippen molar-refractivity contribution >= 4 is 12.0 Å². The third-order valence-electron chi connectivity index (χ3n) is 0.798. The van der Waals surface area contributed by atoms with Gasteiger partial charge in [-0.2, -0.15) is 0 Å². The molecule has 0 saturated heterocycles. The molecular weight excluding hydrogens is 152 g/mol. The molecule has 2 amide bonds. The standard InChI is InChI=1S/C5H10N2O4/c8-2-1-6-5(11)7-3-4(9)10/h8H,1-3H2,(H,9,10)(H2,6,7,11). The summed E-state index contributed by atoms with van der Waals surface area (Å²) >= 11 is 0. The van der Waals surface area contributed by atoms with E-state index in [0.717, 1.165) is 0 Å². The molecule has 4 N–H and O–H groups in total. The van der Waals surface area contributed by atoms with E-state index in [2.05, 4.69) is 10.6 Å². The first-order valence-electron chi connectivity index (χ1n) is 3.01. The topological polar surface area (TPSA) is 98.7 Å². The van der Waals surface area contributed by atoms with Gasteiger partial charge in [-0.3, -0.25) is 4.79 Å². The van der Waals surface area contributed by atoms with Crippen molar-refractivity contribution in [2.75, 3.05) is 19.7 Å². The van der Waals surface area contributed by atoms with Gasteiger partial charge in [-0.1, -0.05) is 0 Å². The van der Waals surface area contributed by atoms with E-state index in [0.29, 0.717) is 0 Å². The summed E-state index contributed by atoms with van der Waals surface area (Å²) in [6.07, 6.45) is 0. The lowest BCUT2D eigenvalue weighted by Crippen LogP contribution is -2.39. The molecule has 0 aromatic carbocycles. The highest BCUT2D eigenvalue weighted by Crippen LogP contribution is 1.64. The van der Waals surface area contributed by atoms with E-state index < -0.39 is 18.5 Å².